The molecule has 1 atom stereocenters. The number of nitrogens with one attached hydrogen (secondary N) is 1. The van der Waals surface area contributed by atoms with Crippen LogP contribution in [0.4, 0.5) is 0 Å². The van der Waals surface area contributed by atoms with E-state index in [9.17, 15) is 14.4 Å². The maximum Gasteiger partial charge on any atom is 0.305 e. The molecule has 0 aliphatic rings. The second-order valence-corrected chi connectivity index (χ2v) is 6.60. The molecule has 2 aromatic rings. The van der Waals surface area contributed by atoms with E-state index >= 15 is 0 Å². The molecule has 1 amide bonds. The van der Waals surface area contributed by atoms with Crippen LogP contribution in [0.25, 0.3) is 11.1 Å². The Labute approximate surface area is 161 Å². The molecule has 0 radical (unpaired) electrons. The van der Waals surface area contributed by atoms with Gasteiger partial charge >= 0.3 is 11.9 Å². The number of rotatable bonds is 9. The van der Waals surface area contributed by atoms with Crippen LogP contribution in [0.5, 0.6) is 0 Å². The summed E-state index contributed by atoms with van der Waals surface area (Å²) < 4.78 is 0. The van der Waals surface area contributed by atoms with Crippen molar-refractivity contribution in [2.45, 2.75) is 31.7 Å². The number of carbonyl (C=O) groups excluding carboxylic acids is 1. The van der Waals surface area contributed by atoms with Gasteiger partial charge in [-0.2, -0.15) is 0 Å². The zero-order chi connectivity index (χ0) is 19.8. The Kier molecular flexibility index (Phi) is 7.37. The standard InChI is InChI=1S/C20H20ClNO5/c21-16-3-1-2-15(11-16)14-6-4-13(5-7-14)10-17(12-20(26)27)22-18(23)8-9-19(24)25/h1-7,11,17H,8-10,12H2,(H,22,23)(H,24,25)(H,26,27)/t17-/m1/s1. The van der Waals surface area contributed by atoms with Crippen molar-refractivity contribution in [1.82, 2.24) is 5.32 Å². The Morgan fingerprint density at radius 2 is 1.63 bits per heavy atom. The molecule has 6 nitrogen and oxygen atoms in total. The van der Waals surface area contributed by atoms with E-state index in [1.54, 1.807) is 6.07 Å². The summed E-state index contributed by atoms with van der Waals surface area (Å²) >= 11 is 6.00. The highest BCUT2D eigenvalue weighted by molar-refractivity contribution is 6.30. The fourth-order valence-electron chi connectivity index (χ4n) is 2.69. The number of aliphatic carboxylic acids is 2. The van der Waals surface area contributed by atoms with E-state index in [0.717, 1.165) is 16.7 Å². The van der Waals surface area contributed by atoms with Crippen LogP contribution < -0.4 is 5.32 Å². The first kappa shape index (κ1) is 20.5. The Bertz CT molecular complexity index is 819. The summed E-state index contributed by atoms with van der Waals surface area (Å²) in [7, 11) is 0. The molecule has 0 aliphatic carbocycles. The summed E-state index contributed by atoms with van der Waals surface area (Å²) in [6.07, 6.45) is -0.380. The number of halogens is 1. The number of carboxylic acids is 2. The third kappa shape index (κ3) is 7.11. The van der Waals surface area contributed by atoms with Crippen molar-refractivity contribution in [1.29, 1.82) is 0 Å². The van der Waals surface area contributed by atoms with Gasteiger partial charge in [0.05, 0.1) is 12.8 Å². The van der Waals surface area contributed by atoms with Crippen LogP contribution in [-0.2, 0) is 20.8 Å². The Morgan fingerprint density at radius 1 is 0.926 bits per heavy atom. The number of carboxylic acid groups (broad SMARTS) is 2. The Morgan fingerprint density at radius 3 is 2.22 bits per heavy atom. The fourth-order valence-corrected chi connectivity index (χ4v) is 2.88. The average Bonchev–Trinajstić information content (AvgIpc) is 2.60. The Hall–Kier alpha value is -2.86. The minimum Gasteiger partial charge on any atom is -0.481 e. The van der Waals surface area contributed by atoms with Crippen molar-refractivity contribution >= 4 is 29.4 Å². The van der Waals surface area contributed by atoms with E-state index in [1.165, 1.54) is 0 Å². The van der Waals surface area contributed by atoms with E-state index in [1.807, 2.05) is 42.5 Å². The first-order valence-electron chi connectivity index (χ1n) is 8.41. The minimum atomic E-state index is -1.07. The minimum absolute atomic E-state index is 0.181. The van der Waals surface area contributed by atoms with Gasteiger partial charge in [0, 0.05) is 17.5 Å². The van der Waals surface area contributed by atoms with Gasteiger partial charge in [-0.15, -0.1) is 0 Å². The van der Waals surface area contributed by atoms with Crippen molar-refractivity contribution in [2.24, 2.45) is 0 Å². The van der Waals surface area contributed by atoms with Gasteiger partial charge < -0.3 is 15.5 Å². The molecule has 0 spiro atoms. The van der Waals surface area contributed by atoms with Gasteiger partial charge in [-0.05, 0) is 35.2 Å². The van der Waals surface area contributed by atoms with Gasteiger partial charge in [-0.3, -0.25) is 14.4 Å². The molecule has 27 heavy (non-hydrogen) atoms. The zero-order valence-electron chi connectivity index (χ0n) is 14.5. The molecule has 0 aromatic heterocycles. The normalized spacial score (nSPS) is 11.6. The van der Waals surface area contributed by atoms with Crippen molar-refractivity contribution in [2.75, 3.05) is 0 Å². The smallest absolute Gasteiger partial charge is 0.305 e. The maximum atomic E-state index is 11.8. The van der Waals surface area contributed by atoms with E-state index in [-0.39, 0.29) is 19.3 Å². The van der Waals surface area contributed by atoms with Crippen LogP contribution in [-0.4, -0.2) is 34.1 Å². The van der Waals surface area contributed by atoms with Crippen LogP contribution in [0.3, 0.4) is 0 Å². The van der Waals surface area contributed by atoms with Gasteiger partial charge in [0.25, 0.3) is 0 Å². The maximum absolute atomic E-state index is 11.8. The van der Waals surface area contributed by atoms with Crippen LogP contribution in [0.15, 0.2) is 48.5 Å². The summed E-state index contributed by atoms with van der Waals surface area (Å²) in [5.74, 6) is -2.58. The van der Waals surface area contributed by atoms with E-state index in [0.29, 0.717) is 11.4 Å². The van der Waals surface area contributed by atoms with Gasteiger partial charge in [-0.1, -0.05) is 48.0 Å². The Balaban J connectivity index is 2.04. The number of amides is 1. The largest absolute Gasteiger partial charge is 0.481 e. The summed E-state index contributed by atoms with van der Waals surface area (Å²) in [6, 6.07) is 14.4. The quantitative estimate of drug-likeness (QED) is 0.610. The lowest BCUT2D eigenvalue weighted by Gasteiger charge is -2.17. The first-order valence-corrected chi connectivity index (χ1v) is 8.79. The lowest BCUT2D eigenvalue weighted by atomic mass is 9.99. The van der Waals surface area contributed by atoms with Crippen molar-refractivity contribution in [3.05, 3.63) is 59.1 Å². The molecule has 0 saturated carbocycles. The third-order valence-corrected chi connectivity index (χ3v) is 4.18. The third-order valence-electron chi connectivity index (χ3n) is 3.95. The molecule has 2 aromatic carbocycles. The van der Waals surface area contributed by atoms with Crippen LogP contribution in [0, 0.1) is 0 Å². The summed E-state index contributed by atoms with van der Waals surface area (Å²) in [5.41, 5.74) is 2.81. The van der Waals surface area contributed by atoms with Gasteiger partial charge in [0.15, 0.2) is 0 Å². The van der Waals surface area contributed by atoms with Gasteiger partial charge in [0.1, 0.15) is 0 Å². The summed E-state index contributed by atoms with van der Waals surface area (Å²) in [6.45, 7) is 0. The molecule has 0 heterocycles. The SMILES string of the molecule is O=C(O)CCC(=O)N[C@@H](CC(=O)O)Cc1ccc(-c2cccc(Cl)c2)cc1. The molecule has 0 aliphatic heterocycles. The predicted octanol–water partition coefficient (Wildman–Crippen LogP) is 3.37. The second-order valence-electron chi connectivity index (χ2n) is 6.17. The molecule has 0 unspecified atom stereocenters. The number of benzene rings is 2. The monoisotopic (exact) mass is 389 g/mol. The van der Waals surface area contributed by atoms with E-state index < -0.39 is 23.9 Å². The summed E-state index contributed by atoms with van der Waals surface area (Å²) in [5, 5.41) is 20.9. The summed E-state index contributed by atoms with van der Waals surface area (Å²) in [4.78, 5) is 33.4. The molecular formula is C20H20ClNO5. The van der Waals surface area contributed by atoms with Crippen molar-refractivity contribution < 1.29 is 24.6 Å². The molecular weight excluding hydrogens is 370 g/mol. The highest BCUT2D eigenvalue weighted by Crippen LogP contribution is 2.23. The van der Waals surface area contributed by atoms with Gasteiger partial charge in [0.2, 0.25) is 5.91 Å². The van der Waals surface area contributed by atoms with Crippen LogP contribution >= 0.6 is 11.6 Å². The topological polar surface area (TPSA) is 104 Å². The predicted molar refractivity (Wildman–Crippen MR) is 102 cm³/mol. The zero-order valence-corrected chi connectivity index (χ0v) is 15.3. The fraction of sp³-hybridized carbons (Fsp3) is 0.250. The molecule has 142 valence electrons. The number of carbonyl (C=O) groups is 3. The molecule has 3 N–H and O–H groups in total. The first-order chi connectivity index (χ1) is 12.8. The number of hydrogen-bond donors (Lipinski definition) is 3. The number of hydrogen-bond acceptors (Lipinski definition) is 3. The average molecular weight is 390 g/mol. The molecule has 0 fully saturated rings. The second kappa shape index (κ2) is 9.73. The lowest BCUT2D eigenvalue weighted by Crippen LogP contribution is -2.38. The molecule has 7 heteroatoms. The highest BCUT2D eigenvalue weighted by atomic mass is 35.5. The molecule has 2 rings (SSSR count). The lowest BCUT2D eigenvalue weighted by molar-refractivity contribution is -0.140. The van der Waals surface area contributed by atoms with Crippen LogP contribution in [0.2, 0.25) is 5.02 Å². The van der Waals surface area contributed by atoms with E-state index in [2.05, 4.69) is 5.32 Å². The van der Waals surface area contributed by atoms with Gasteiger partial charge in [-0.25, -0.2) is 0 Å². The van der Waals surface area contributed by atoms with Crippen molar-refractivity contribution in [3.8, 4) is 11.1 Å². The van der Waals surface area contributed by atoms with E-state index in [4.69, 9.17) is 21.8 Å². The van der Waals surface area contributed by atoms with Crippen molar-refractivity contribution in [3.63, 3.8) is 0 Å². The van der Waals surface area contributed by atoms with Crippen LogP contribution in [0.1, 0.15) is 24.8 Å². The molecule has 0 saturated heterocycles. The highest BCUT2D eigenvalue weighted by Gasteiger charge is 2.17. The molecule has 0 bridgehead atoms.